The zero-order chi connectivity index (χ0) is 44.9. The van der Waals surface area contributed by atoms with Crippen LogP contribution < -0.4 is 31.8 Å². The van der Waals surface area contributed by atoms with Crippen LogP contribution in [0.3, 0.4) is 0 Å². The Morgan fingerprint density at radius 3 is 0.825 bits per heavy atom. The first kappa shape index (κ1) is 48.2. The van der Waals surface area contributed by atoms with Crippen molar-refractivity contribution in [2.45, 2.75) is 53.6 Å². The molecule has 2 N–H and O–H groups in total. The Labute approximate surface area is 394 Å². The Bertz CT molecular complexity index is 2390. The molecular formula is C56H56Cl2N2P2Ru+2. The summed E-state index contributed by atoms with van der Waals surface area (Å²) in [6.45, 7) is 13.9. The zero-order valence-electron chi connectivity index (χ0n) is 36.7. The van der Waals surface area contributed by atoms with Crippen molar-refractivity contribution in [2.24, 2.45) is 0 Å². The number of hydrogen-bond acceptors (Lipinski definition) is 0. The van der Waals surface area contributed by atoms with Gasteiger partial charge in [0.2, 0.25) is 0 Å². The number of rotatable bonds is 10. The number of hydrogen-bond donors (Lipinski definition) is 0. The van der Waals surface area contributed by atoms with E-state index in [0.717, 1.165) is 11.1 Å². The van der Waals surface area contributed by atoms with Crippen molar-refractivity contribution in [2.75, 3.05) is 0 Å². The summed E-state index contributed by atoms with van der Waals surface area (Å²) in [5, 5.41) is 8.67. The van der Waals surface area contributed by atoms with Crippen molar-refractivity contribution in [3.05, 3.63) is 250 Å². The maximum absolute atomic E-state index is 8.07. The van der Waals surface area contributed by atoms with E-state index in [-0.39, 0.29) is 15.1 Å². The van der Waals surface area contributed by atoms with Gasteiger partial charge in [0, 0.05) is 11.1 Å². The molecule has 0 saturated carbocycles. The fourth-order valence-corrected chi connectivity index (χ4v) is 14.1. The Balaban J connectivity index is 0.000000289. The number of aryl methyl sites for hydroxylation is 2. The van der Waals surface area contributed by atoms with Crippen LogP contribution in [0.1, 0.15) is 56.6 Å². The molecule has 8 rings (SSSR count). The molecule has 0 aliphatic rings. The van der Waals surface area contributed by atoms with Gasteiger partial charge in [0.15, 0.2) is 0 Å². The molecule has 0 unspecified atom stereocenters. The summed E-state index contributed by atoms with van der Waals surface area (Å²) >= 11 is -0.346. The van der Waals surface area contributed by atoms with Crippen LogP contribution in [0.15, 0.2) is 194 Å². The van der Waals surface area contributed by atoms with Gasteiger partial charge in [0.1, 0.15) is 31.8 Å². The van der Waals surface area contributed by atoms with Gasteiger partial charge in [-0.15, -0.1) is 12.1 Å². The topological polar surface area (TPSA) is 47.6 Å². The minimum Gasteiger partial charge on any atom is -0.672 e. The van der Waals surface area contributed by atoms with E-state index in [0.29, 0.717) is 0 Å². The smallest absolute Gasteiger partial charge is 0.0606 e. The second kappa shape index (κ2) is 23.6. The quantitative estimate of drug-likeness (QED) is 0.0968. The molecule has 2 atom stereocenters. The molecule has 0 aromatic heterocycles. The third-order valence-electron chi connectivity index (χ3n) is 12.0. The van der Waals surface area contributed by atoms with Crippen molar-refractivity contribution < 1.29 is 15.1 Å². The van der Waals surface area contributed by atoms with Crippen molar-refractivity contribution in [1.29, 1.82) is 0 Å². The van der Waals surface area contributed by atoms with Gasteiger partial charge in [-0.1, -0.05) is 145 Å². The van der Waals surface area contributed by atoms with Crippen LogP contribution >= 0.6 is 35.2 Å². The van der Waals surface area contributed by atoms with Crippen LogP contribution in [0.5, 0.6) is 0 Å². The van der Waals surface area contributed by atoms with Gasteiger partial charge in [0.25, 0.3) is 0 Å². The second-order valence-corrected chi connectivity index (χ2v) is 23.3. The summed E-state index contributed by atoms with van der Waals surface area (Å²) in [5.74, 6) is 0. The van der Waals surface area contributed by atoms with Crippen LogP contribution in [0, 0.1) is 41.5 Å². The minimum atomic E-state index is -1.31. The van der Waals surface area contributed by atoms with E-state index in [2.05, 4.69) is 175 Å². The molecule has 0 heterocycles. The van der Waals surface area contributed by atoms with Gasteiger partial charge in [-0.3, -0.25) is 0 Å². The van der Waals surface area contributed by atoms with Crippen molar-refractivity contribution in [1.82, 2.24) is 0 Å². The van der Waals surface area contributed by atoms with Crippen molar-refractivity contribution in [3.8, 4) is 11.1 Å². The van der Waals surface area contributed by atoms with Gasteiger partial charge < -0.3 is 11.5 Å². The molecule has 320 valence electrons. The van der Waals surface area contributed by atoms with E-state index in [9.17, 15) is 0 Å². The third kappa shape index (κ3) is 11.7. The number of benzene rings is 8. The molecule has 63 heavy (non-hydrogen) atoms. The molecule has 0 amide bonds. The molecular weight excluding hydrogens is 935 g/mol. The van der Waals surface area contributed by atoms with Crippen LogP contribution in [0.4, 0.5) is 0 Å². The predicted molar refractivity (Wildman–Crippen MR) is 279 cm³/mol. The first-order valence-corrected chi connectivity index (χ1v) is 28.6. The molecule has 8 aromatic rings. The normalized spacial score (nSPS) is 11.9. The fraction of sp³-hybridized carbons (Fsp3) is 0.143. The number of nitrogens with one attached hydrogen (secondary N) is 2. The summed E-state index contributed by atoms with van der Waals surface area (Å²) in [6.07, 6.45) is 0. The van der Waals surface area contributed by atoms with Crippen molar-refractivity contribution in [3.63, 3.8) is 0 Å². The van der Waals surface area contributed by atoms with E-state index in [1.807, 2.05) is 60.7 Å². The van der Waals surface area contributed by atoms with E-state index in [1.54, 1.807) is 0 Å². The molecule has 7 heteroatoms. The van der Waals surface area contributed by atoms with Gasteiger partial charge in [-0.05, 0) is 136 Å². The largest absolute Gasteiger partial charge is 0.672 e. The third-order valence-corrected chi connectivity index (χ3v) is 17.5. The van der Waals surface area contributed by atoms with Crippen LogP contribution in [-0.4, -0.2) is 0 Å². The molecule has 0 spiro atoms. The molecule has 0 aliphatic heterocycles. The van der Waals surface area contributed by atoms with Gasteiger partial charge in [0.05, 0.1) is 15.8 Å². The maximum Gasteiger partial charge on any atom is -0.0606 e. The van der Waals surface area contributed by atoms with E-state index < -0.39 is 27.9 Å². The van der Waals surface area contributed by atoms with Crippen LogP contribution in [-0.2, 0) is 15.1 Å². The van der Waals surface area contributed by atoms with E-state index >= 15 is 0 Å². The Morgan fingerprint density at radius 2 is 0.587 bits per heavy atom. The second-order valence-electron chi connectivity index (χ2n) is 15.8. The number of halogens is 2. The van der Waals surface area contributed by atoms with Crippen molar-refractivity contribution >= 4 is 67.1 Å². The maximum atomic E-state index is 8.07. The predicted octanol–water partition coefficient (Wildman–Crippen LogP) is 14.1. The van der Waals surface area contributed by atoms with Gasteiger partial charge in [-0.25, -0.2) is 0 Å². The molecule has 0 fully saturated rings. The average Bonchev–Trinajstić information content (AvgIpc) is 3.33. The Hall–Kier alpha value is -4.26. The Morgan fingerprint density at radius 1 is 0.365 bits per heavy atom. The molecule has 2 nitrogen and oxygen atoms in total. The average molecular weight is 991 g/mol. The molecule has 0 bridgehead atoms. The van der Waals surface area contributed by atoms with E-state index in [4.69, 9.17) is 30.8 Å². The van der Waals surface area contributed by atoms with Gasteiger partial charge in [-0.2, -0.15) is 0 Å². The molecule has 0 radical (unpaired) electrons. The summed E-state index contributed by atoms with van der Waals surface area (Å²) in [5.41, 5.74) is 29.2. The summed E-state index contributed by atoms with van der Waals surface area (Å²) in [4.78, 5) is 0. The van der Waals surface area contributed by atoms with Crippen LogP contribution in [0.2, 0.25) is 0 Å². The fourth-order valence-electron chi connectivity index (χ4n) is 8.28. The summed E-state index contributed by atoms with van der Waals surface area (Å²) in [6, 6.07) is 68.0. The first-order valence-electron chi connectivity index (χ1n) is 21.1. The first-order chi connectivity index (χ1) is 30.6. The monoisotopic (exact) mass is 990 g/mol. The summed E-state index contributed by atoms with van der Waals surface area (Å²) in [7, 11) is 7.08. The van der Waals surface area contributed by atoms with Crippen LogP contribution in [0.25, 0.3) is 22.6 Å². The Kier molecular flexibility index (Phi) is 18.1. The molecule has 8 aromatic carbocycles. The molecule has 0 aliphatic carbocycles. The van der Waals surface area contributed by atoms with E-state index in [1.165, 1.54) is 76.3 Å². The van der Waals surface area contributed by atoms with Gasteiger partial charge >= 0.3 is 34.5 Å². The zero-order valence-corrected chi connectivity index (χ0v) is 42.0. The molecule has 0 saturated heterocycles. The summed E-state index contributed by atoms with van der Waals surface area (Å²) < 4.78 is 0. The standard InChI is InChI=1S/C42H40P2.C14H14N2.2ClH.Ru/c1-29-27-39(43(35-19-11-7-12-20-35)36-21-13-8-14-22-36)41(33(5)31(29)3)42-34(6)32(4)30(2)28-40(42)44(37-23-15-9-16-24-37)38-25-17-10-18-26-38;15-13(11-7-3-1-4-8-11)14(16)12-9-5-2-6-10-12;;;/h7-28H,1-6H3;1-10,13-16H;2*1H;/q;-2;;;+4/t;13-,14-;;;/m.1.../s1. The minimum absolute atomic E-state index is 0.346. The SMILES string of the molecule is Cc1cc([PH+](c2ccccc2)c2ccccc2)c(-c2c([PH+](c3ccccc3)c3ccccc3)cc(C)c(C)c2C)c(C)c1C.[Cl][Ru+2][Cl].[NH-][C@H](c1ccccc1)[C@H]([NH-])c1ccccc1.